The van der Waals surface area contributed by atoms with Gasteiger partial charge in [0.2, 0.25) is 0 Å². The Hall–Kier alpha value is -2.62. The van der Waals surface area contributed by atoms with E-state index in [0.29, 0.717) is 24.2 Å². The molecule has 1 amide bonds. The Morgan fingerprint density at radius 1 is 1.10 bits per heavy atom. The predicted molar refractivity (Wildman–Crippen MR) is 73.4 cm³/mol. The Labute approximate surface area is 116 Å². The molecule has 4 nitrogen and oxygen atoms in total. The zero-order chi connectivity index (χ0) is 14.1. The van der Waals surface area contributed by atoms with Crippen LogP contribution in [-0.2, 0) is 13.1 Å². The first kappa shape index (κ1) is 12.4. The normalized spacial score (nSPS) is 13.4. The molecule has 1 heterocycles. The summed E-state index contributed by atoms with van der Waals surface area (Å²) in [4.78, 5) is 25.1. The highest BCUT2D eigenvalue weighted by atomic mass is 16.4. The van der Waals surface area contributed by atoms with Gasteiger partial charge in [-0.2, -0.15) is 0 Å². The van der Waals surface area contributed by atoms with Crippen LogP contribution in [-0.4, -0.2) is 21.9 Å². The third-order valence-corrected chi connectivity index (χ3v) is 3.51. The van der Waals surface area contributed by atoms with Crippen LogP contribution in [0.1, 0.15) is 31.8 Å². The summed E-state index contributed by atoms with van der Waals surface area (Å²) in [5.74, 6) is -1.01. The summed E-state index contributed by atoms with van der Waals surface area (Å²) < 4.78 is 0. The molecule has 20 heavy (non-hydrogen) atoms. The van der Waals surface area contributed by atoms with Crippen molar-refractivity contribution in [2.75, 3.05) is 0 Å². The van der Waals surface area contributed by atoms with E-state index < -0.39 is 5.97 Å². The molecule has 1 N–H and O–H groups in total. The van der Waals surface area contributed by atoms with Gasteiger partial charge in [0.15, 0.2) is 0 Å². The summed E-state index contributed by atoms with van der Waals surface area (Å²) >= 11 is 0. The Morgan fingerprint density at radius 2 is 1.80 bits per heavy atom. The maximum atomic E-state index is 12.3. The first-order chi connectivity index (χ1) is 9.66. The lowest BCUT2D eigenvalue weighted by molar-refractivity contribution is 0.0686. The van der Waals surface area contributed by atoms with Crippen LogP contribution in [0.3, 0.4) is 0 Å². The van der Waals surface area contributed by atoms with Crippen molar-refractivity contribution in [3.8, 4) is 0 Å². The molecule has 0 fully saturated rings. The largest absolute Gasteiger partial charge is 0.478 e. The fourth-order valence-corrected chi connectivity index (χ4v) is 2.51. The smallest absolute Gasteiger partial charge is 0.336 e. The van der Waals surface area contributed by atoms with Crippen LogP contribution in [0, 0.1) is 0 Å². The molecule has 4 heteroatoms. The number of nitrogens with zero attached hydrogens (tertiary/aromatic N) is 1. The number of amides is 1. The standard InChI is InChI=1S/C16H13NO3/c18-15-13-7-3-1-5-11(13)9-17(15)10-12-6-2-4-8-14(12)16(19)20/h1-8H,9-10H2,(H,19,20). The molecule has 1 aliphatic rings. The second-order valence-electron chi connectivity index (χ2n) is 4.78. The molecular weight excluding hydrogens is 254 g/mol. The highest BCUT2D eigenvalue weighted by Gasteiger charge is 2.27. The summed E-state index contributed by atoms with van der Waals surface area (Å²) in [6.07, 6.45) is 0. The van der Waals surface area contributed by atoms with E-state index in [9.17, 15) is 14.7 Å². The highest BCUT2D eigenvalue weighted by Crippen LogP contribution is 2.24. The SMILES string of the molecule is O=C(O)c1ccccc1CN1Cc2ccccc2C1=O. The number of fused-ring (bicyclic) bond motifs is 1. The summed E-state index contributed by atoms with van der Waals surface area (Å²) in [6.45, 7) is 0.846. The van der Waals surface area contributed by atoms with E-state index in [4.69, 9.17) is 0 Å². The Bertz CT molecular complexity index is 694. The summed E-state index contributed by atoms with van der Waals surface area (Å²) in [6, 6.07) is 14.3. The minimum atomic E-state index is -0.968. The number of aromatic carboxylic acids is 1. The minimum Gasteiger partial charge on any atom is -0.478 e. The highest BCUT2D eigenvalue weighted by molar-refractivity contribution is 5.98. The topological polar surface area (TPSA) is 57.6 Å². The fourth-order valence-electron chi connectivity index (χ4n) is 2.51. The lowest BCUT2D eigenvalue weighted by Crippen LogP contribution is -2.24. The van der Waals surface area contributed by atoms with Crippen LogP contribution >= 0.6 is 0 Å². The number of benzene rings is 2. The molecule has 0 radical (unpaired) electrons. The first-order valence-corrected chi connectivity index (χ1v) is 6.35. The van der Waals surface area contributed by atoms with Gasteiger partial charge in [0, 0.05) is 18.7 Å². The van der Waals surface area contributed by atoms with E-state index >= 15 is 0 Å². The summed E-state index contributed by atoms with van der Waals surface area (Å²) in [5.41, 5.74) is 2.60. The molecule has 0 spiro atoms. The van der Waals surface area contributed by atoms with E-state index in [0.717, 1.165) is 5.56 Å². The monoisotopic (exact) mass is 267 g/mol. The zero-order valence-corrected chi connectivity index (χ0v) is 10.7. The van der Waals surface area contributed by atoms with Crippen LogP contribution in [0.2, 0.25) is 0 Å². The van der Waals surface area contributed by atoms with Gasteiger partial charge in [-0.3, -0.25) is 4.79 Å². The molecule has 0 aromatic heterocycles. The fraction of sp³-hybridized carbons (Fsp3) is 0.125. The molecular formula is C16H13NO3. The molecule has 2 aromatic carbocycles. The number of carbonyl (C=O) groups is 2. The maximum absolute atomic E-state index is 12.3. The number of carboxylic acid groups (broad SMARTS) is 1. The van der Waals surface area contributed by atoms with E-state index in [1.807, 2.05) is 18.2 Å². The number of rotatable bonds is 3. The average Bonchev–Trinajstić information content (AvgIpc) is 2.76. The lowest BCUT2D eigenvalue weighted by atomic mass is 10.1. The molecule has 2 aromatic rings. The third-order valence-electron chi connectivity index (χ3n) is 3.51. The molecule has 0 atom stereocenters. The van der Waals surface area contributed by atoms with Crippen LogP contribution in [0.4, 0.5) is 0 Å². The van der Waals surface area contributed by atoms with Crippen LogP contribution in [0.25, 0.3) is 0 Å². The number of carbonyl (C=O) groups excluding carboxylic acids is 1. The van der Waals surface area contributed by atoms with E-state index in [2.05, 4.69) is 0 Å². The summed E-state index contributed by atoms with van der Waals surface area (Å²) in [7, 11) is 0. The van der Waals surface area contributed by atoms with Gasteiger partial charge in [0.1, 0.15) is 0 Å². The van der Waals surface area contributed by atoms with Gasteiger partial charge in [0.05, 0.1) is 5.56 Å². The zero-order valence-electron chi connectivity index (χ0n) is 10.7. The van der Waals surface area contributed by atoms with Crippen molar-refractivity contribution in [1.29, 1.82) is 0 Å². The first-order valence-electron chi connectivity index (χ1n) is 6.35. The molecule has 3 rings (SSSR count). The lowest BCUT2D eigenvalue weighted by Gasteiger charge is -2.17. The third kappa shape index (κ3) is 2.05. The van der Waals surface area contributed by atoms with Crippen molar-refractivity contribution in [2.45, 2.75) is 13.1 Å². The Kier molecular flexibility index (Phi) is 2.99. The van der Waals surface area contributed by atoms with Gasteiger partial charge in [-0.1, -0.05) is 36.4 Å². The quantitative estimate of drug-likeness (QED) is 0.929. The van der Waals surface area contributed by atoms with Crippen molar-refractivity contribution in [1.82, 2.24) is 4.90 Å². The molecule has 1 aliphatic heterocycles. The van der Waals surface area contributed by atoms with E-state index in [-0.39, 0.29) is 11.5 Å². The summed E-state index contributed by atoms with van der Waals surface area (Å²) in [5, 5.41) is 9.18. The second kappa shape index (κ2) is 4.81. The van der Waals surface area contributed by atoms with Gasteiger partial charge in [-0.15, -0.1) is 0 Å². The number of carboxylic acids is 1. The molecule has 0 saturated heterocycles. The van der Waals surface area contributed by atoms with Gasteiger partial charge in [-0.25, -0.2) is 4.79 Å². The Balaban J connectivity index is 1.88. The van der Waals surface area contributed by atoms with Crippen LogP contribution in [0.5, 0.6) is 0 Å². The van der Waals surface area contributed by atoms with Crippen molar-refractivity contribution in [3.05, 3.63) is 70.8 Å². The molecule has 0 saturated carbocycles. The average molecular weight is 267 g/mol. The Morgan fingerprint density at radius 3 is 2.55 bits per heavy atom. The van der Waals surface area contributed by atoms with Gasteiger partial charge in [0.25, 0.3) is 5.91 Å². The number of hydrogen-bond donors (Lipinski definition) is 1. The molecule has 0 aliphatic carbocycles. The maximum Gasteiger partial charge on any atom is 0.336 e. The second-order valence-corrected chi connectivity index (χ2v) is 4.78. The van der Waals surface area contributed by atoms with Gasteiger partial charge in [-0.05, 0) is 23.3 Å². The van der Waals surface area contributed by atoms with Crippen LogP contribution < -0.4 is 0 Å². The van der Waals surface area contributed by atoms with Gasteiger partial charge >= 0.3 is 5.97 Å². The van der Waals surface area contributed by atoms with Crippen LogP contribution in [0.15, 0.2) is 48.5 Å². The van der Waals surface area contributed by atoms with E-state index in [1.165, 1.54) is 0 Å². The van der Waals surface area contributed by atoms with Crippen molar-refractivity contribution in [2.24, 2.45) is 0 Å². The molecule has 0 unspecified atom stereocenters. The molecule has 0 bridgehead atoms. The van der Waals surface area contributed by atoms with E-state index in [1.54, 1.807) is 35.2 Å². The molecule has 100 valence electrons. The van der Waals surface area contributed by atoms with Crippen molar-refractivity contribution >= 4 is 11.9 Å². The number of hydrogen-bond acceptors (Lipinski definition) is 2. The van der Waals surface area contributed by atoms with Crippen molar-refractivity contribution < 1.29 is 14.7 Å². The van der Waals surface area contributed by atoms with Crippen molar-refractivity contribution in [3.63, 3.8) is 0 Å². The minimum absolute atomic E-state index is 0.0409. The predicted octanol–water partition coefficient (Wildman–Crippen LogP) is 2.54. The van der Waals surface area contributed by atoms with Gasteiger partial charge < -0.3 is 10.0 Å².